The van der Waals surface area contributed by atoms with Crippen molar-refractivity contribution in [3.05, 3.63) is 0 Å². The number of sulfone groups is 1. The Hall–Kier alpha value is -1.24. The summed E-state index contributed by atoms with van der Waals surface area (Å²) in [7, 11) is -3.35. The van der Waals surface area contributed by atoms with Gasteiger partial charge in [0, 0.05) is 19.3 Å². The standard InChI is InChI=1S/C8H16N4O2S/c1-4-10-8-6(15(3,13)14)7(9)12(5-2)11-8/h4-5,9H2,1-3H3,(H,10,11). The van der Waals surface area contributed by atoms with Crippen LogP contribution in [0.15, 0.2) is 4.90 Å². The minimum atomic E-state index is -3.35. The Bertz CT molecular complexity index is 449. The van der Waals surface area contributed by atoms with E-state index < -0.39 is 9.84 Å². The van der Waals surface area contributed by atoms with Gasteiger partial charge in [0.1, 0.15) is 5.82 Å². The van der Waals surface area contributed by atoms with Gasteiger partial charge in [-0.1, -0.05) is 0 Å². The van der Waals surface area contributed by atoms with E-state index in [1.165, 1.54) is 4.68 Å². The molecule has 0 radical (unpaired) electrons. The molecule has 3 N–H and O–H groups in total. The lowest BCUT2D eigenvalue weighted by Crippen LogP contribution is -2.06. The van der Waals surface area contributed by atoms with E-state index in [4.69, 9.17) is 5.73 Å². The second kappa shape index (κ2) is 4.09. The van der Waals surface area contributed by atoms with Crippen LogP contribution in [0.25, 0.3) is 0 Å². The van der Waals surface area contributed by atoms with E-state index in [9.17, 15) is 8.42 Å². The van der Waals surface area contributed by atoms with Crippen molar-refractivity contribution in [2.24, 2.45) is 0 Å². The van der Waals surface area contributed by atoms with Gasteiger partial charge in [-0.15, -0.1) is 0 Å². The SMILES string of the molecule is CCNc1nn(CC)c(N)c1S(C)(=O)=O. The van der Waals surface area contributed by atoms with Crippen molar-refractivity contribution < 1.29 is 8.42 Å². The first-order chi connectivity index (χ1) is 6.91. The molecule has 1 aromatic heterocycles. The molecule has 86 valence electrons. The fourth-order valence-electron chi connectivity index (χ4n) is 1.35. The van der Waals surface area contributed by atoms with Crippen LogP contribution in [0, 0.1) is 0 Å². The number of nitrogens with two attached hydrogens (primary N) is 1. The molecule has 0 fully saturated rings. The molecule has 0 saturated carbocycles. The Morgan fingerprint density at radius 2 is 2.07 bits per heavy atom. The molecule has 0 bridgehead atoms. The van der Waals surface area contributed by atoms with Crippen molar-refractivity contribution in [3.8, 4) is 0 Å². The Balaban J connectivity index is 3.39. The summed E-state index contributed by atoms with van der Waals surface area (Å²) in [5, 5.41) is 6.97. The summed E-state index contributed by atoms with van der Waals surface area (Å²) in [4.78, 5) is 0.0891. The van der Waals surface area contributed by atoms with Gasteiger partial charge in [0.15, 0.2) is 20.6 Å². The number of hydrogen-bond donors (Lipinski definition) is 2. The topological polar surface area (TPSA) is 90.0 Å². The lowest BCUT2D eigenvalue weighted by Gasteiger charge is -2.01. The first-order valence-corrected chi connectivity index (χ1v) is 6.61. The first kappa shape index (κ1) is 11.8. The number of nitrogen functional groups attached to an aromatic ring is 1. The van der Waals surface area contributed by atoms with Crippen molar-refractivity contribution in [3.63, 3.8) is 0 Å². The highest BCUT2D eigenvalue weighted by Crippen LogP contribution is 2.26. The lowest BCUT2D eigenvalue weighted by molar-refractivity contribution is 0.602. The molecule has 0 aliphatic heterocycles. The molecule has 0 aromatic carbocycles. The molecule has 15 heavy (non-hydrogen) atoms. The summed E-state index contributed by atoms with van der Waals surface area (Å²) in [6.45, 7) is 4.86. The molecule has 0 aliphatic rings. The molecule has 0 atom stereocenters. The normalized spacial score (nSPS) is 11.7. The summed E-state index contributed by atoms with van der Waals surface area (Å²) in [6, 6.07) is 0. The van der Waals surface area contributed by atoms with Crippen LogP contribution in [0.1, 0.15) is 13.8 Å². The molecule has 0 spiro atoms. The molecule has 1 aromatic rings. The first-order valence-electron chi connectivity index (χ1n) is 4.72. The zero-order valence-corrected chi connectivity index (χ0v) is 9.93. The van der Waals surface area contributed by atoms with Gasteiger partial charge in [0.25, 0.3) is 0 Å². The molecule has 1 rings (SSSR count). The third-order valence-corrected chi connectivity index (χ3v) is 3.11. The monoisotopic (exact) mass is 232 g/mol. The third kappa shape index (κ3) is 2.23. The predicted octanol–water partition coefficient (Wildman–Crippen LogP) is 0.321. The van der Waals surface area contributed by atoms with Crippen LogP contribution >= 0.6 is 0 Å². The van der Waals surface area contributed by atoms with Crippen LogP contribution in [0.2, 0.25) is 0 Å². The predicted molar refractivity (Wildman–Crippen MR) is 59.6 cm³/mol. The Kier molecular flexibility index (Phi) is 3.23. The van der Waals surface area contributed by atoms with Crippen LogP contribution in [-0.2, 0) is 16.4 Å². The number of nitrogens with one attached hydrogen (secondary N) is 1. The average Bonchev–Trinajstić information content (AvgIpc) is 2.42. The zero-order valence-electron chi connectivity index (χ0n) is 9.11. The van der Waals surface area contributed by atoms with E-state index in [2.05, 4.69) is 10.4 Å². The van der Waals surface area contributed by atoms with Gasteiger partial charge < -0.3 is 11.1 Å². The number of rotatable bonds is 4. The molecule has 0 amide bonds. The summed E-state index contributed by atoms with van der Waals surface area (Å²) in [5.74, 6) is 0.523. The van der Waals surface area contributed by atoms with Crippen LogP contribution in [0.3, 0.4) is 0 Å². The van der Waals surface area contributed by atoms with Gasteiger partial charge in [-0.25, -0.2) is 13.1 Å². The summed E-state index contributed by atoms with van der Waals surface area (Å²) in [6.07, 6.45) is 1.13. The van der Waals surface area contributed by atoms with E-state index >= 15 is 0 Å². The number of hydrogen-bond acceptors (Lipinski definition) is 5. The van der Waals surface area contributed by atoms with Gasteiger partial charge in [-0.3, -0.25) is 0 Å². The van der Waals surface area contributed by atoms with Crippen LogP contribution in [-0.4, -0.2) is 31.0 Å². The minimum Gasteiger partial charge on any atom is -0.383 e. The highest BCUT2D eigenvalue weighted by Gasteiger charge is 2.22. The minimum absolute atomic E-state index is 0.0891. The number of nitrogens with zero attached hydrogens (tertiary/aromatic N) is 2. The maximum absolute atomic E-state index is 11.5. The molecule has 1 heterocycles. The van der Waals surface area contributed by atoms with Crippen LogP contribution in [0.5, 0.6) is 0 Å². The summed E-state index contributed by atoms with van der Waals surface area (Å²) >= 11 is 0. The van der Waals surface area contributed by atoms with Crippen molar-refractivity contribution >= 4 is 21.5 Å². The summed E-state index contributed by atoms with van der Waals surface area (Å²) < 4.78 is 24.5. The third-order valence-electron chi connectivity index (χ3n) is 1.96. The van der Waals surface area contributed by atoms with E-state index in [0.29, 0.717) is 18.9 Å². The fourth-order valence-corrected chi connectivity index (χ4v) is 2.30. The van der Waals surface area contributed by atoms with Gasteiger partial charge in [-0.05, 0) is 13.8 Å². The van der Waals surface area contributed by atoms with Crippen LogP contribution in [0.4, 0.5) is 11.6 Å². The lowest BCUT2D eigenvalue weighted by atomic mass is 10.5. The largest absolute Gasteiger partial charge is 0.383 e. The highest BCUT2D eigenvalue weighted by molar-refractivity contribution is 7.91. The van der Waals surface area contributed by atoms with Gasteiger partial charge in [-0.2, -0.15) is 5.10 Å². The number of aromatic nitrogens is 2. The maximum Gasteiger partial charge on any atom is 0.182 e. The zero-order chi connectivity index (χ0) is 11.6. The Morgan fingerprint density at radius 1 is 1.47 bits per heavy atom. The smallest absolute Gasteiger partial charge is 0.182 e. The second-order valence-corrected chi connectivity index (χ2v) is 5.13. The maximum atomic E-state index is 11.5. The van der Waals surface area contributed by atoms with Crippen LogP contribution < -0.4 is 11.1 Å². The average molecular weight is 232 g/mol. The molecular weight excluding hydrogens is 216 g/mol. The quantitative estimate of drug-likeness (QED) is 0.780. The van der Waals surface area contributed by atoms with Crippen molar-refractivity contribution in [2.75, 3.05) is 23.9 Å². The van der Waals surface area contributed by atoms with Crippen molar-refractivity contribution in [1.82, 2.24) is 9.78 Å². The van der Waals surface area contributed by atoms with Gasteiger partial charge >= 0.3 is 0 Å². The van der Waals surface area contributed by atoms with E-state index in [1.807, 2.05) is 13.8 Å². The van der Waals surface area contributed by atoms with Crippen molar-refractivity contribution in [2.45, 2.75) is 25.3 Å². The molecule has 7 heteroatoms. The van der Waals surface area contributed by atoms with Gasteiger partial charge in [0.05, 0.1) is 0 Å². The van der Waals surface area contributed by atoms with E-state index in [-0.39, 0.29) is 10.7 Å². The van der Waals surface area contributed by atoms with E-state index in [0.717, 1.165) is 6.26 Å². The molecular formula is C8H16N4O2S. The van der Waals surface area contributed by atoms with Crippen molar-refractivity contribution in [1.29, 1.82) is 0 Å². The fraction of sp³-hybridized carbons (Fsp3) is 0.625. The molecule has 0 saturated heterocycles. The Labute approximate surface area is 89.4 Å². The highest BCUT2D eigenvalue weighted by atomic mass is 32.2. The molecule has 0 unspecified atom stereocenters. The molecule has 0 aliphatic carbocycles. The summed E-state index contributed by atoms with van der Waals surface area (Å²) in [5.41, 5.74) is 5.71. The Morgan fingerprint density at radius 3 is 2.47 bits per heavy atom. The van der Waals surface area contributed by atoms with Gasteiger partial charge in [0.2, 0.25) is 0 Å². The number of anilines is 2. The molecule has 6 nitrogen and oxygen atoms in total. The van der Waals surface area contributed by atoms with E-state index in [1.54, 1.807) is 0 Å². The number of aryl methyl sites for hydroxylation is 1. The second-order valence-electron chi connectivity index (χ2n) is 3.18.